The van der Waals surface area contributed by atoms with Gasteiger partial charge in [-0.25, -0.2) is 4.98 Å². The third-order valence-electron chi connectivity index (χ3n) is 4.71. The first-order valence-electron chi connectivity index (χ1n) is 8.62. The standard InChI is InChI=1S/C17H27N5O.2ClH/c1-15-14-22(9-7-18-15)17(23)5-8-20-10-12-21(13-11-20)16-4-2-3-6-19-16;;/h2-4,6,15,18H,5,7-14H2,1H3;2*1H. The summed E-state index contributed by atoms with van der Waals surface area (Å²) >= 11 is 0. The first-order chi connectivity index (χ1) is 11.2. The number of aromatic nitrogens is 1. The van der Waals surface area contributed by atoms with Crippen molar-refractivity contribution in [3.8, 4) is 0 Å². The van der Waals surface area contributed by atoms with Crippen LogP contribution in [-0.4, -0.2) is 79.1 Å². The van der Waals surface area contributed by atoms with Gasteiger partial charge in [-0.1, -0.05) is 6.07 Å². The van der Waals surface area contributed by atoms with Gasteiger partial charge in [0, 0.05) is 71.0 Å². The molecule has 1 atom stereocenters. The Morgan fingerprint density at radius 1 is 1.20 bits per heavy atom. The number of rotatable bonds is 4. The Bertz CT molecular complexity index is 511. The molecule has 3 rings (SSSR count). The van der Waals surface area contributed by atoms with Crippen LogP contribution in [0.25, 0.3) is 0 Å². The quantitative estimate of drug-likeness (QED) is 0.839. The van der Waals surface area contributed by atoms with Gasteiger partial charge in [0.2, 0.25) is 5.91 Å². The normalized spacial score (nSPS) is 21.2. The molecule has 2 aliphatic heterocycles. The Morgan fingerprint density at radius 3 is 2.60 bits per heavy atom. The molecule has 0 saturated carbocycles. The average molecular weight is 390 g/mol. The average Bonchev–Trinajstić information content (AvgIpc) is 2.61. The number of carbonyl (C=O) groups is 1. The predicted molar refractivity (Wildman–Crippen MR) is 106 cm³/mol. The first kappa shape index (κ1) is 22.0. The number of pyridine rings is 1. The SMILES string of the molecule is CC1CN(C(=O)CCN2CCN(c3ccccn3)CC2)CCN1.Cl.Cl. The molecule has 25 heavy (non-hydrogen) atoms. The van der Waals surface area contributed by atoms with E-state index in [2.05, 4.69) is 33.1 Å². The molecule has 2 saturated heterocycles. The molecule has 3 heterocycles. The van der Waals surface area contributed by atoms with Crippen LogP contribution in [0.15, 0.2) is 24.4 Å². The van der Waals surface area contributed by atoms with Crippen molar-refractivity contribution < 1.29 is 4.79 Å². The highest BCUT2D eigenvalue weighted by molar-refractivity contribution is 5.85. The van der Waals surface area contributed by atoms with Crippen molar-refractivity contribution in [2.45, 2.75) is 19.4 Å². The summed E-state index contributed by atoms with van der Waals surface area (Å²) in [6.45, 7) is 9.57. The molecule has 1 unspecified atom stereocenters. The fourth-order valence-corrected chi connectivity index (χ4v) is 3.31. The van der Waals surface area contributed by atoms with Gasteiger partial charge < -0.3 is 15.1 Å². The van der Waals surface area contributed by atoms with Gasteiger partial charge in [0.1, 0.15) is 5.82 Å². The number of anilines is 1. The van der Waals surface area contributed by atoms with Crippen LogP contribution in [0.1, 0.15) is 13.3 Å². The Hall–Kier alpha value is -1.08. The van der Waals surface area contributed by atoms with Crippen molar-refractivity contribution in [1.82, 2.24) is 20.1 Å². The minimum Gasteiger partial charge on any atom is -0.354 e. The lowest BCUT2D eigenvalue weighted by Gasteiger charge is -2.36. The summed E-state index contributed by atoms with van der Waals surface area (Å²) in [4.78, 5) is 23.4. The molecule has 0 spiro atoms. The summed E-state index contributed by atoms with van der Waals surface area (Å²) in [5, 5.41) is 3.38. The maximum atomic E-state index is 12.3. The van der Waals surface area contributed by atoms with E-state index in [0.717, 1.165) is 58.2 Å². The van der Waals surface area contributed by atoms with E-state index in [1.54, 1.807) is 0 Å². The van der Waals surface area contributed by atoms with Crippen molar-refractivity contribution in [3.63, 3.8) is 0 Å². The molecule has 2 aliphatic rings. The van der Waals surface area contributed by atoms with Crippen LogP contribution in [0, 0.1) is 0 Å². The van der Waals surface area contributed by atoms with Crippen LogP contribution >= 0.6 is 24.8 Å². The number of carbonyl (C=O) groups excluding carboxylic acids is 1. The third kappa shape index (κ3) is 6.29. The van der Waals surface area contributed by atoms with Crippen molar-refractivity contribution >= 4 is 36.5 Å². The van der Waals surface area contributed by atoms with Crippen molar-refractivity contribution in [1.29, 1.82) is 0 Å². The fourth-order valence-electron chi connectivity index (χ4n) is 3.31. The summed E-state index contributed by atoms with van der Waals surface area (Å²) in [5.41, 5.74) is 0. The molecular formula is C17H29Cl2N5O. The van der Waals surface area contributed by atoms with E-state index in [1.807, 2.05) is 23.2 Å². The van der Waals surface area contributed by atoms with Crippen molar-refractivity contribution in [2.24, 2.45) is 0 Å². The molecule has 1 N–H and O–H groups in total. The Kier molecular flexibility index (Phi) is 9.50. The topological polar surface area (TPSA) is 51.7 Å². The number of hydrogen-bond acceptors (Lipinski definition) is 5. The Morgan fingerprint density at radius 2 is 1.96 bits per heavy atom. The molecule has 1 aromatic heterocycles. The van der Waals surface area contributed by atoms with E-state index >= 15 is 0 Å². The highest BCUT2D eigenvalue weighted by atomic mass is 35.5. The van der Waals surface area contributed by atoms with Gasteiger partial charge in [-0.3, -0.25) is 9.69 Å². The monoisotopic (exact) mass is 389 g/mol. The summed E-state index contributed by atoms with van der Waals surface area (Å²) in [7, 11) is 0. The van der Waals surface area contributed by atoms with Crippen molar-refractivity contribution in [3.05, 3.63) is 24.4 Å². The Labute approximate surface area is 162 Å². The van der Waals surface area contributed by atoms with Crippen LogP contribution < -0.4 is 10.2 Å². The lowest BCUT2D eigenvalue weighted by atomic mass is 10.2. The van der Waals surface area contributed by atoms with Crippen LogP contribution in [0.2, 0.25) is 0 Å². The van der Waals surface area contributed by atoms with Crippen LogP contribution in [0.3, 0.4) is 0 Å². The second kappa shape index (κ2) is 10.8. The molecule has 1 amide bonds. The zero-order chi connectivity index (χ0) is 16.1. The molecule has 0 aliphatic carbocycles. The van der Waals surface area contributed by atoms with Gasteiger partial charge in [0.05, 0.1) is 0 Å². The maximum Gasteiger partial charge on any atom is 0.223 e. The smallest absolute Gasteiger partial charge is 0.223 e. The van der Waals surface area contributed by atoms with Gasteiger partial charge in [-0.15, -0.1) is 24.8 Å². The largest absolute Gasteiger partial charge is 0.354 e. The van der Waals surface area contributed by atoms with Crippen LogP contribution in [0.4, 0.5) is 5.82 Å². The zero-order valence-corrected chi connectivity index (χ0v) is 16.4. The van der Waals surface area contributed by atoms with E-state index in [0.29, 0.717) is 18.4 Å². The van der Waals surface area contributed by atoms with E-state index in [-0.39, 0.29) is 24.8 Å². The molecule has 1 aromatic rings. The molecule has 0 radical (unpaired) electrons. The van der Waals surface area contributed by atoms with Gasteiger partial charge in [-0.2, -0.15) is 0 Å². The molecule has 142 valence electrons. The van der Waals surface area contributed by atoms with E-state index in [9.17, 15) is 4.79 Å². The number of hydrogen-bond donors (Lipinski definition) is 1. The molecule has 0 bridgehead atoms. The lowest BCUT2D eigenvalue weighted by Crippen LogP contribution is -2.52. The number of piperazine rings is 2. The molecule has 0 aromatic carbocycles. The van der Waals surface area contributed by atoms with E-state index < -0.39 is 0 Å². The third-order valence-corrected chi connectivity index (χ3v) is 4.71. The predicted octanol–water partition coefficient (Wildman–Crippen LogP) is 1.26. The highest BCUT2D eigenvalue weighted by Gasteiger charge is 2.22. The van der Waals surface area contributed by atoms with Crippen LogP contribution in [0.5, 0.6) is 0 Å². The summed E-state index contributed by atoms with van der Waals surface area (Å²) in [6.07, 6.45) is 2.48. The fraction of sp³-hybridized carbons (Fsp3) is 0.647. The number of nitrogens with one attached hydrogen (secondary N) is 1. The molecular weight excluding hydrogens is 361 g/mol. The summed E-state index contributed by atoms with van der Waals surface area (Å²) in [5.74, 6) is 1.35. The van der Waals surface area contributed by atoms with E-state index in [1.165, 1.54) is 0 Å². The highest BCUT2D eigenvalue weighted by Crippen LogP contribution is 2.13. The molecule has 6 nitrogen and oxygen atoms in total. The summed E-state index contributed by atoms with van der Waals surface area (Å²) < 4.78 is 0. The van der Waals surface area contributed by atoms with Gasteiger partial charge in [0.15, 0.2) is 0 Å². The Balaban J connectivity index is 0.00000156. The van der Waals surface area contributed by atoms with Gasteiger partial charge in [-0.05, 0) is 19.1 Å². The molecule has 8 heteroatoms. The number of amides is 1. The minimum atomic E-state index is 0. The van der Waals surface area contributed by atoms with E-state index in [4.69, 9.17) is 0 Å². The second-order valence-corrected chi connectivity index (χ2v) is 6.46. The van der Waals surface area contributed by atoms with Gasteiger partial charge >= 0.3 is 0 Å². The van der Waals surface area contributed by atoms with Gasteiger partial charge in [0.25, 0.3) is 0 Å². The lowest BCUT2D eigenvalue weighted by molar-refractivity contribution is -0.132. The maximum absolute atomic E-state index is 12.3. The summed E-state index contributed by atoms with van der Waals surface area (Å²) in [6, 6.07) is 6.45. The zero-order valence-electron chi connectivity index (χ0n) is 14.8. The molecule has 2 fully saturated rings. The number of nitrogens with zero attached hydrogens (tertiary/aromatic N) is 4. The minimum absolute atomic E-state index is 0. The second-order valence-electron chi connectivity index (χ2n) is 6.46. The first-order valence-corrected chi connectivity index (χ1v) is 8.62. The van der Waals surface area contributed by atoms with Crippen molar-refractivity contribution in [2.75, 3.05) is 57.3 Å². The van der Waals surface area contributed by atoms with Crippen LogP contribution in [-0.2, 0) is 4.79 Å². The number of halogens is 2.